The van der Waals surface area contributed by atoms with Gasteiger partial charge >= 0.3 is 0 Å². The van der Waals surface area contributed by atoms with Crippen molar-refractivity contribution in [3.8, 4) is 0 Å². The molecule has 22 heavy (non-hydrogen) atoms. The maximum atomic E-state index is 12.3. The molecule has 0 aliphatic carbocycles. The second kappa shape index (κ2) is 7.63. The molecule has 1 atom stereocenters. The molecule has 1 N–H and O–H groups in total. The van der Waals surface area contributed by atoms with E-state index in [2.05, 4.69) is 5.32 Å². The molecule has 2 rings (SSSR count). The van der Waals surface area contributed by atoms with Gasteiger partial charge in [-0.05, 0) is 37.0 Å². The van der Waals surface area contributed by atoms with E-state index < -0.39 is 0 Å². The van der Waals surface area contributed by atoms with Gasteiger partial charge in [-0.15, -0.1) is 0 Å². The first kappa shape index (κ1) is 16.8. The Hall–Kier alpha value is -1.55. The number of benzene rings is 1. The highest BCUT2D eigenvalue weighted by molar-refractivity contribution is 6.30. The molecule has 1 unspecified atom stereocenters. The van der Waals surface area contributed by atoms with Gasteiger partial charge in [-0.3, -0.25) is 9.59 Å². The quantitative estimate of drug-likeness (QED) is 0.906. The topological polar surface area (TPSA) is 49.4 Å². The molecule has 1 aromatic rings. The van der Waals surface area contributed by atoms with Crippen molar-refractivity contribution in [1.82, 2.24) is 10.2 Å². The molecule has 4 nitrogen and oxygen atoms in total. The summed E-state index contributed by atoms with van der Waals surface area (Å²) in [7, 11) is 0. The second-order valence-electron chi connectivity index (χ2n) is 6.01. The molecule has 0 saturated carbocycles. The fraction of sp³-hybridized carbons (Fsp3) is 0.529. The molecule has 2 amide bonds. The number of carbonyl (C=O) groups excluding carboxylic acids is 2. The Bertz CT molecular complexity index is 528. The second-order valence-corrected chi connectivity index (χ2v) is 6.45. The van der Waals surface area contributed by atoms with Crippen molar-refractivity contribution in [3.63, 3.8) is 0 Å². The van der Waals surface area contributed by atoms with Crippen LogP contribution in [0.2, 0.25) is 5.02 Å². The highest BCUT2D eigenvalue weighted by atomic mass is 35.5. The first-order valence-electron chi connectivity index (χ1n) is 7.81. The number of likely N-dealkylation sites (tertiary alicyclic amines) is 1. The molecule has 1 saturated heterocycles. The van der Waals surface area contributed by atoms with E-state index in [0.717, 1.165) is 24.8 Å². The highest BCUT2D eigenvalue weighted by Crippen LogP contribution is 2.20. The van der Waals surface area contributed by atoms with Crippen molar-refractivity contribution in [2.24, 2.45) is 5.92 Å². The van der Waals surface area contributed by atoms with Crippen molar-refractivity contribution < 1.29 is 9.59 Å². The fourth-order valence-corrected chi connectivity index (χ4v) is 2.86. The van der Waals surface area contributed by atoms with E-state index >= 15 is 0 Å². The number of rotatable bonds is 5. The van der Waals surface area contributed by atoms with Crippen molar-refractivity contribution >= 4 is 23.4 Å². The van der Waals surface area contributed by atoms with Crippen molar-refractivity contribution in [2.75, 3.05) is 13.1 Å². The summed E-state index contributed by atoms with van der Waals surface area (Å²) < 4.78 is 0. The number of nitrogens with zero attached hydrogens (tertiary/aromatic N) is 1. The normalized spacial score (nSPS) is 17.8. The molecular formula is C17H23ClN2O2. The summed E-state index contributed by atoms with van der Waals surface area (Å²) in [6.45, 7) is 5.00. The first-order chi connectivity index (χ1) is 10.5. The molecular weight excluding hydrogens is 300 g/mol. The molecule has 0 bridgehead atoms. The summed E-state index contributed by atoms with van der Waals surface area (Å²) >= 11 is 5.85. The summed E-state index contributed by atoms with van der Waals surface area (Å²) in [4.78, 5) is 26.1. The van der Waals surface area contributed by atoms with E-state index in [1.54, 1.807) is 4.90 Å². The van der Waals surface area contributed by atoms with Crippen LogP contribution in [0.25, 0.3) is 0 Å². The maximum Gasteiger partial charge on any atom is 0.242 e. The molecule has 0 radical (unpaired) electrons. The van der Waals surface area contributed by atoms with Crippen molar-refractivity contribution in [3.05, 3.63) is 34.9 Å². The largest absolute Gasteiger partial charge is 0.354 e. The van der Waals surface area contributed by atoms with Crippen LogP contribution in [0, 0.1) is 5.92 Å². The van der Waals surface area contributed by atoms with Crippen LogP contribution in [0.3, 0.4) is 0 Å². The van der Waals surface area contributed by atoms with Gasteiger partial charge in [-0.25, -0.2) is 0 Å². The van der Waals surface area contributed by atoms with Gasteiger partial charge in [0.25, 0.3) is 0 Å². The van der Waals surface area contributed by atoms with Crippen LogP contribution in [0.1, 0.15) is 32.3 Å². The first-order valence-corrected chi connectivity index (χ1v) is 8.19. The standard InChI is InChI=1S/C17H23ClN2O2/c1-12(2)17(22)20-11-3-4-15(20)16(21)19-10-9-13-5-7-14(18)8-6-13/h5-8,12,15H,3-4,9-11H2,1-2H3,(H,19,21). The van der Waals surface area contributed by atoms with Gasteiger partial charge in [0.2, 0.25) is 11.8 Å². The number of halogens is 1. The average molecular weight is 323 g/mol. The molecule has 1 aromatic carbocycles. The third kappa shape index (κ3) is 4.23. The zero-order chi connectivity index (χ0) is 16.1. The number of hydrogen-bond donors (Lipinski definition) is 1. The van der Waals surface area contributed by atoms with Gasteiger partial charge in [0.05, 0.1) is 0 Å². The summed E-state index contributed by atoms with van der Waals surface area (Å²) in [6, 6.07) is 7.30. The maximum absolute atomic E-state index is 12.3. The van der Waals surface area contributed by atoms with Crippen LogP contribution in [0.4, 0.5) is 0 Å². The van der Waals surface area contributed by atoms with Crippen LogP contribution >= 0.6 is 11.6 Å². The molecule has 1 heterocycles. The predicted octanol–water partition coefficient (Wildman–Crippen LogP) is 2.65. The third-order valence-corrected chi connectivity index (χ3v) is 4.21. The highest BCUT2D eigenvalue weighted by Gasteiger charge is 2.34. The van der Waals surface area contributed by atoms with Gasteiger partial charge in [0.1, 0.15) is 6.04 Å². The third-order valence-electron chi connectivity index (χ3n) is 3.96. The Morgan fingerprint density at radius 3 is 2.64 bits per heavy atom. The number of carbonyl (C=O) groups is 2. The molecule has 0 aromatic heterocycles. The Balaban J connectivity index is 1.83. The monoisotopic (exact) mass is 322 g/mol. The van der Waals surface area contributed by atoms with Crippen molar-refractivity contribution in [2.45, 2.75) is 39.2 Å². The van der Waals surface area contributed by atoms with E-state index in [4.69, 9.17) is 11.6 Å². The zero-order valence-corrected chi connectivity index (χ0v) is 13.9. The Morgan fingerprint density at radius 1 is 1.32 bits per heavy atom. The van der Waals surface area contributed by atoms with Crippen LogP contribution in [-0.2, 0) is 16.0 Å². The Labute approximate surface area is 136 Å². The number of hydrogen-bond acceptors (Lipinski definition) is 2. The fourth-order valence-electron chi connectivity index (χ4n) is 2.73. The predicted molar refractivity (Wildman–Crippen MR) is 87.7 cm³/mol. The van der Waals surface area contributed by atoms with Crippen LogP contribution in [0.15, 0.2) is 24.3 Å². The van der Waals surface area contributed by atoms with Crippen LogP contribution in [0.5, 0.6) is 0 Å². The molecule has 120 valence electrons. The number of amides is 2. The minimum atomic E-state index is -0.305. The molecule has 1 fully saturated rings. The average Bonchev–Trinajstić information content (AvgIpc) is 2.97. The molecule has 5 heteroatoms. The number of nitrogens with one attached hydrogen (secondary N) is 1. The lowest BCUT2D eigenvalue weighted by Crippen LogP contribution is -2.47. The van der Waals surface area contributed by atoms with Gasteiger partial charge < -0.3 is 10.2 Å². The summed E-state index contributed by atoms with van der Waals surface area (Å²) in [6.07, 6.45) is 2.41. The molecule has 1 aliphatic heterocycles. The summed E-state index contributed by atoms with van der Waals surface area (Å²) in [5.41, 5.74) is 1.13. The van der Waals surface area contributed by atoms with E-state index in [1.165, 1.54) is 0 Å². The van der Waals surface area contributed by atoms with Crippen LogP contribution in [-0.4, -0.2) is 35.8 Å². The zero-order valence-electron chi connectivity index (χ0n) is 13.1. The minimum Gasteiger partial charge on any atom is -0.354 e. The lowest BCUT2D eigenvalue weighted by atomic mass is 10.1. The van der Waals surface area contributed by atoms with E-state index in [0.29, 0.717) is 18.1 Å². The van der Waals surface area contributed by atoms with E-state index in [9.17, 15) is 9.59 Å². The van der Waals surface area contributed by atoms with Gasteiger partial charge in [0, 0.05) is 24.0 Å². The molecule has 0 spiro atoms. The van der Waals surface area contributed by atoms with E-state index in [1.807, 2.05) is 38.1 Å². The van der Waals surface area contributed by atoms with Gasteiger partial charge in [-0.2, -0.15) is 0 Å². The summed E-state index contributed by atoms with van der Waals surface area (Å²) in [5.74, 6) is -0.0433. The van der Waals surface area contributed by atoms with Gasteiger partial charge in [-0.1, -0.05) is 37.6 Å². The van der Waals surface area contributed by atoms with E-state index in [-0.39, 0.29) is 23.8 Å². The lowest BCUT2D eigenvalue weighted by Gasteiger charge is -2.25. The SMILES string of the molecule is CC(C)C(=O)N1CCCC1C(=O)NCCc1ccc(Cl)cc1. The Kier molecular flexibility index (Phi) is 5.83. The minimum absolute atomic E-state index is 0.0412. The summed E-state index contributed by atoms with van der Waals surface area (Å²) in [5, 5.41) is 3.66. The molecule has 1 aliphatic rings. The Morgan fingerprint density at radius 2 is 2.00 bits per heavy atom. The lowest BCUT2D eigenvalue weighted by molar-refractivity contribution is -0.140. The van der Waals surface area contributed by atoms with Crippen LogP contribution < -0.4 is 5.32 Å². The van der Waals surface area contributed by atoms with Crippen molar-refractivity contribution in [1.29, 1.82) is 0 Å². The smallest absolute Gasteiger partial charge is 0.242 e. The van der Waals surface area contributed by atoms with Gasteiger partial charge in [0.15, 0.2) is 0 Å².